The molecule has 0 aliphatic heterocycles. The fraction of sp³-hybridized carbons (Fsp3) is 0.600. The summed E-state index contributed by atoms with van der Waals surface area (Å²) in [5.41, 5.74) is 0.493. The summed E-state index contributed by atoms with van der Waals surface area (Å²) < 4.78 is 0. The molecule has 0 unspecified atom stereocenters. The first kappa shape index (κ1) is 15.6. The van der Waals surface area contributed by atoms with Crippen LogP contribution < -0.4 is 5.32 Å². The van der Waals surface area contributed by atoms with E-state index in [1.54, 1.807) is 20.0 Å². The van der Waals surface area contributed by atoms with E-state index in [1.807, 2.05) is 12.3 Å². The molecule has 4 heteroatoms. The van der Waals surface area contributed by atoms with Crippen molar-refractivity contribution in [3.63, 3.8) is 0 Å². The number of carbonyl (C=O) groups is 1. The van der Waals surface area contributed by atoms with E-state index in [0.29, 0.717) is 13.0 Å². The van der Waals surface area contributed by atoms with Gasteiger partial charge in [-0.05, 0) is 38.4 Å². The van der Waals surface area contributed by atoms with Crippen molar-refractivity contribution in [2.75, 3.05) is 13.1 Å². The van der Waals surface area contributed by atoms with Gasteiger partial charge < -0.3 is 10.4 Å². The number of aliphatic carboxylic acids is 1. The molecule has 0 radical (unpaired) electrons. The van der Waals surface area contributed by atoms with E-state index in [2.05, 4.69) is 30.2 Å². The fourth-order valence-corrected chi connectivity index (χ4v) is 1.77. The average molecular weight is 264 g/mol. The predicted molar refractivity (Wildman–Crippen MR) is 76.2 cm³/mol. The molecular formula is C15H24N2O2. The molecule has 106 valence electrons. The molecule has 19 heavy (non-hydrogen) atoms. The van der Waals surface area contributed by atoms with Crippen molar-refractivity contribution in [2.45, 2.75) is 39.5 Å². The Bertz CT molecular complexity index is 413. The van der Waals surface area contributed by atoms with E-state index >= 15 is 0 Å². The van der Waals surface area contributed by atoms with Gasteiger partial charge in [-0.1, -0.05) is 19.9 Å². The highest BCUT2D eigenvalue weighted by molar-refractivity contribution is 5.73. The Hall–Kier alpha value is -1.42. The lowest BCUT2D eigenvalue weighted by Crippen LogP contribution is -2.36. The Balaban J connectivity index is 2.43. The molecular weight excluding hydrogens is 240 g/mol. The molecule has 2 N–H and O–H groups in total. The number of hydrogen-bond donors (Lipinski definition) is 2. The standard InChI is InChI=1S/C15H24N2O2/c1-14(2,13(18)19)7-9-17-11-15(3,4)12-6-5-8-16-10-12/h5-6,8,10,17H,7,9,11H2,1-4H3,(H,18,19). The molecule has 1 heterocycles. The van der Waals surface area contributed by atoms with Crippen LogP contribution >= 0.6 is 0 Å². The topological polar surface area (TPSA) is 62.2 Å². The predicted octanol–water partition coefficient (Wildman–Crippen LogP) is 2.45. The Morgan fingerprint density at radius 2 is 2.05 bits per heavy atom. The van der Waals surface area contributed by atoms with Gasteiger partial charge in [0.15, 0.2) is 0 Å². The van der Waals surface area contributed by atoms with E-state index in [-0.39, 0.29) is 5.41 Å². The molecule has 1 aromatic rings. The van der Waals surface area contributed by atoms with Crippen LogP contribution in [0.2, 0.25) is 0 Å². The normalized spacial score (nSPS) is 12.4. The van der Waals surface area contributed by atoms with Gasteiger partial charge in [0.05, 0.1) is 5.41 Å². The van der Waals surface area contributed by atoms with Crippen LogP contribution in [0.25, 0.3) is 0 Å². The minimum absolute atomic E-state index is 0.0123. The van der Waals surface area contributed by atoms with Crippen molar-refractivity contribution >= 4 is 5.97 Å². The molecule has 0 saturated carbocycles. The number of hydrogen-bond acceptors (Lipinski definition) is 3. The Morgan fingerprint density at radius 1 is 1.37 bits per heavy atom. The van der Waals surface area contributed by atoms with Crippen molar-refractivity contribution in [3.8, 4) is 0 Å². The molecule has 0 spiro atoms. The van der Waals surface area contributed by atoms with Crippen LogP contribution in [-0.2, 0) is 10.2 Å². The second-order valence-corrected chi connectivity index (χ2v) is 6.24. The van der Waals surface area contributed by atoms with Crippen molar-refractivity contribution in [1.82, 2.24) is 10.3 Å². The third-order valence-electron chi connectivity index (χ3n) is 3.52. The Morgan fingerprint density at radius 3 is 2.58 bits per heavy atom. The molecule has 0 aliphatic carbocycles. The van der Waals surface area contributed by atoms with Gasteiger partial charge in [0.2, 0.25) is 0 Å². The average Bonchev–Trinajstić information content (AvgIpc) is 2.36. The quantitative estimate of drug-likeness (QED) is 0.743. The summed E-state index contributed by atoms with van der Waals surface area (Å²) in [6.07, 6.45) is 4.26. The first-order chi connectivity index (χ1) is 8.76. The molecule has 0 aromatic carbocycles. The van der Waals surface area contributed by atoms with E-state index in [0.717, 1.165) is 6.54 Å². The molecule has 0 saturated heterocycles. The van der Waals surface area contributed by atoms with Crippen LogP contribution in [0.3, 0.4) is 0 Å². The second-order valence-electron chi connectivity index (χ2n) is 6.24. The largest absolute Gasteiger partial charge is 0.481 e. The van der Waals surface area contributed by atoms with Crippen LogP contribution in [0.4, 0.5) is 0 Å². The summed E-state index contributed by atoms with van der Waals surface area (Å²) in [6.45, 7) is 9.31. The molecule has 0 fully saturated rings. The highest BCUT2D eigenvalue weighted by Crippen LogP contribution is 2.22. The third kappa shape index (κ3) is 4.63. The minimum Gasteiger partial charge on any atom is -0.481 e. The van der Waals surface area contributed by atoms with Crippen LogP contribution in [0.15, 0.2) is 24.5 Å². The maximum absolute atomic E-state index is 11.0. The molecule has 0 bridgehead atoms. The number of nitrogens with zero attached hydrogens (tertiary/aromatic N) is 1. The van der Waals surface area contributed by atoms with Crippen LogP contribution in [0, 0.1) is 5.41 Å². The lowest BCUT2D eigenvalue weighted by atomic mass is 9.85. The van der Waals surface area contributed by atoms with Crippen molar-refractivity contribution in [2.24, 2.45) is 5.41 Å². The molecule has 0 amide bonds. The third-order valence-corrected chi connectivity index (χ3v) is 3.52. The number of nitrogens with one attached hydrogen (secondary N) is 1. The van der Waals surface area contributed by atoms with Gasteiger partial charge in [0.25, 0.3) is 0 Å². The van der Waals surface area contributed by atoms with Crippen molar-refractivity contribution in [1.29, 1.82) is 0 Å². The second kappa shape index (κ2) is 6.15. The van der Waals surface area contributed by atoms with Gasteiger partial charge in [0, 0.05) is 24.4 Å². The van der Waals surface area contributed by atoms with Gasteiger partial charge in [-0.25, -0.2) is 0 Å². The number of rotatable bonds is 7. The van der Waals surface area contributed by atoms with E-state index < -0.39 is 11.4 Å². The van der Waals surface area contributed by atoms with Crippen molar-refractivity contribution in [3.05, 3.63) is 30.1 Å². The summed E-state index contributed by atoms with van der Waals surface area (Å²) in [5, 5.41) is 12.4. The van der Waals surface area contributed by atoms with E-state index in [4.69, 9.17) is 5.11 Å². The summed E-state index contributed by atoms with van der Waals surface area (Å²) in [5.74, 6) is -0.749. The Labute approximate surface area is 115 Å². The number of carboxylic acid groups (broad SMARTS) is 1. The van der Waals surface area contributed by atoms with Gasteiger partial charge in [-0.2, -0.15) is 0 Å². The van der Waals surface area contributed by atoms with E-state index in [1.165, 1.54) is 5.56 Å². The summed E-state index contributed by atoms with van der Waals surface area (Å²) in [6, 6.07) is 4.00. The lowest BCUT2D eigenvalue weighted by Gasteiger charge is -2.26. The summed E-state index contributed by atoms with van der Waals surface area (Å²) in [7, 11) is 0. The molecule has 1 rings (SSSR count). The van der Waals surface area contributed by atoms with Gasteiger partial charge in [0.1, 0.15) is 0 Å². The molecule has 4 nitrogen and oxygen atoms in total. The fourth-order valence-electron chi connectivity index (χ4n) is 1.77. The number of carboxylic acids is 1. The molecule has 0 atom stereocenters. The zero-order valence-corrected chi connectivity index (χ0v) is 12.2. The zero-order valence-electron chi connectivity index (χ0n) is 12.2. The summed E-state index contributed by atoms with van der Waals surface area (Å²) >= 11 is 0. The first-order valence-electron chi connectivity index (χ1n) is 6.60. The number of pyridine rings is 1. The summed E-state index contributed by atoms with van der Waals surface area (Å²) in [4.78, 5) is 15.1. The maximum atomic E-state index is 11.0. The first-order valence-corrected chi connectivity index (χ1v) is 6.60. The van der Waals surface area contributed by atoms with E-state index in [9.17, 15) is 4.79 Å². The zero-order chi connectivity index (χ0) is 14.5. The lowest BCUT2D eigenvalue weighted by molar-refractivity contribution is -0.147. The maximum Gasteiger partial charge on any atom is 0.309 e. The highest BCUT2D eigenvalue weighted by atomic mass is 16.4. The van der Waals surface area contributed by atoms with Crippen LogP contribution in [0.1, 0.15) is 39.7 Å². The van der Waals surface area contributed by atoms with Crippen molar-refractivity contribution < 1.29 is 9.90 Å². The van der Waals surface area contributed by atoms with Crippen LogP contribution in [-0.4, -0.2) is 29.1 Å². The van der Waals surface area contributed by atoms with Gasteiger partial charge >= 0.3 is 5.97 Å². The minimum atomic E-state index is -0.749. The smallest absolute Gasteiger partial charge is 0.309 e. The molecule has 0 aliphatic rings. The number of aromatic nitrogens is 1. The van der Waals surface area contributed by atoms with Gasteiger partial charge in [-0.15, -0.1) is 0 Å². The SMILES string of the molecule is CC(C)(CCNCC(C)(C)c1cccnc1)C(=O)O. The van der Waals surface area contributed by atoms with Gasteiger partial charge in [-0.3, -0.25) is 9.78 Å². The monoisotopic (exact) mass is 264 g/mol. The Kier molecular flexibility index (Phi) is 5.06. The highest BCUT2D eigenvalue weighted by Gasteiger charge is 2.27. The van der Waals surface area contributed by atoms with Crippen LogP contribution in [0.5, 0.6) is 0 Å². The molecule has 1 aromatic heterocycles.